The van der Waals surface area contributed by atoms with Crippen LogP contribution in [-0.2, 0) is 0 Å². The quantitative estimate of drug-likeness (QED) is 0.628. The summed E-state index contributed by atoms with van der Waals surface area (Å²) in [6, 6.07) is 11.0. The van der Waals surface area contributed by atoms with E-state index in [1.54, 1.807) is 19.2 Å². The number of carbonyl (C=O) groups is 1. The van der Waals surface area contributed by atoms with Crippen LogP contribution in [0.5, 0.6) is 5.75 Å². The summed E-state index contributed by atoms with van der Waals surface area (Å²) in [5, 5.41) is 14.2. The van der Waals surface area contributed by atoms with E-state index < -0.39 is 10.8 Å². The topological polar surface area (TPSA) is 81.5 Å². The maximum Gasteiger partial charge on any atom is 0.283 e. The molecule has 126 valence electrons. The maximum absolute atomic E-state index is 12.5. The lowest BCUT2D eigenvalue weighted by Crippen LogP contribution is -2.28. The summed E-state index contributed by atoms with van der Waals surface area (Å²) in [4.78, 5) is 23.0. The van der Waals surface area contributed by atoms with Crippen LogP contribution in [-0.4, -0.2) is 17.9 Å². The van der Waals surface area contributed by atoms with Crippen LogP contribution in [0.2, 0.25) is 5.02 Å². The number of hydrogen-bond acceptors (Lipinski definition) is 4. The monoisotopic (exact) mass is 348 g/mol. The molecule has 0 aromatic heterocycles. The fraction of sp³-hybridized carbons (Fsp3) is 0.235. The molecule has 2 aromatic rings. The van der Waals surface area contributed by atoms with Crippen molar-refractivity contribution in [2.24, 2.45) is 0 Å². The number of methoxy groups -OCH3 is 1. The summed E-state index contributed by atoms with van der Waals surface area (Å²) >= 11 is 5.78. The summed E-state index contributed by atoms with van der Waals surface area (Å²) < 4.78 is 5.11. The Bertz CT molecular complexity index is 747. The Labute approximate surface area is 144 Å². The van der Waals surface area contributed by atoms with E-state index in [0.29, 0.717) is 12.2 Å². The van der Waals surface area contributed by atoms with Crippen molar-refractivity contribution in [3.63, 3.8) is 0 Å². The molecule has 0 aliphatic carbocycles. The third-order valence-electron chi connectivity index (χ3n) is 3.63. The molecule has 0 aliphatic rings. The Morgan fingerprint density at radius 1 is 1.29 bits per heavy atom. The van der Waals surface area contributed by atoms with E-state index in [2.05, 4.69) is 5.32 Å². The number of halogens is 1. The van der Waals surface area contributed by atoms with Gasteiger partial charge in [-0.25, -0.2) is 0 Å². The van der Waals surface area contributed by atoms with Crippen molar-refractivity contribution in [1.29, 1.82) is 0 Å². The summed E-state index contributed by atoms with van der Waals surface area (Å²) in [6.07, 6.45) is 0.638. The fourth-order valence-corrected chi connectivity index (χ4v) is 2.51. The molecular weight excluding hydrogens is 332 g/mol. The summed E-state index contributed by atoms with van der Waals surface area (Å²) in [5.74, 6) is 0.203. The lowest BCUT2D eigenvalue weighted by molar-refractivity contribution is -0.385. The number of nitrogens with one attached hydrogen (secondary N) is 1. The van der Waals surface area contributed by atoms with E-state index in [-0.39, 0.29) is 22.3 Å². The van der Waals surface area contributed by atoms with E-state index in [4.69, 9.17) is 16.3 Å². The van der Waals surface area contributed by atoms with Gasteiger partial charge in [0.2, 0.25) is 0 Å². The SMILES string of the molecule is CCC(NC(=O)c1ccc(Cl)cc1[N+](=O)[O-])c1ccc(OC)cc1. The minimum atomic E-state index is -0.616. The molecule has 1 atom stereocenters. The van der Waals surface area contributed by atoms with Gasteiger partial charge in [0, 0.05) is 11.1 Å². The highest BCUT2D eigenvalue weighted by Gasteiger charge is 2.22. The lowest BCUT2D eigenvalue weighted by Gasteiger charge is -2.18. The molecular formula is C17H17ClN2O4. The van der Waals surface area contributed by atoms with Gasteiger partial charge in [-0.3, -0.25) is 14.9 Å². The Kier molecular flexibility index (Phi) is 5.76. The predicted octanol–water partition coefficient (Wildman–Crippen LogP) is 4.14. The zero-order valence-electron chi connectivity index (χ0n) is 13.3. The Balaban J connectivity index is 2.24. The van der Waals surface area contributed by atoms with Gasteiger partial charge in [0.1, 0.15) is 11.3 Å². The van der Waals surface area contributed by atoms with Gasteiger partial charge in [0.05, 0.1) is 18.1 Å². The second-order valence-corrected chi connectivity index (χ2v) is 5.56. The molecule has 0 aliphatic heterocycles. The number of ether oxygens (including phenoxy) is 1. The molecule has 0 radical (unpaired) electrons. The minimum absolute atomic E-state index is 0.0173. The van der Waals surface area contributed by atoms with E-state index >= 15 is 0 Å². The molecule has 1 amide bonds. The van der Waals surface area contributed by atoms with Crippen molar-refractivity contribution in [2.45, 2.75) is 19.4 Å². The standard InChI is InChI=1S/C17H17ClN2O4/c1-3-15(11-4-7-13(24-2)8-5-11)19-17(21)14-9-6-12(18)10-16(14)20(22)23/h4-10,15H,3H2,1-2H3,(H,19,21). The summed E-state index contributed by atoms with van der Waals surface area (Å²) in [7, 11) is 1.58. The molecule has 0 bridgehead atoms. The molecule has 24 heavy (non-hydrogen) atoms. The predicted molar refractivity (Wildman–Crippen MR) is 91.6 cm³/mol. The van der Waals surface area contributed by atoms with Gasteiger partial charge >= 0.3 is 0 Å². The summed E-state index contributed by atoms with van der Waals surface area (Å²) in [6.45, 7) is 1.92. The molecule has 0 saturated carbocycles. The number of amides is 1. The molecule has 0 saturated heterocycles. The zero-order chi connectivity index (χ0) is 17.7. The average molecular weight is 349 g/mol. The highest BCUT2D eigenvalue weighted by Crippen LogP contribution is 2.25. The van der Waals surface area contributed by atoms with Gasteiger partial charge in [-0.1, -0.05) is 30.7 Å². The van der Waals surface area contributed by atoms with Crippen LogP contribution in [0.1, 0.15) is 35.3 Å². The molecule has 0 spiro atoms. The molecule has 2 rings (SSSR count). The van der Waals surface area contributed by atoms with Gasteiger partial charge in [-0.05, 0) is 36.2 Å². The van der Waals surface area contributed by atoms with Crippen LogP contribution in [0.3, 0.4) is 0 Å². The second kappa shape index (κ2) is 7.79. The first kappa shape index (κ1) is 17.7. The number of rotatable bonds is 6. The van der Waals surface area contributed by atoms with Crippen LogP contribution < -0.4 is 10.1 Å². The first-order chi connectivity index (χ1) is 11.5. The molecule has 0 heterocycles. The third-order valence-corrected chi connectivity index (χ3v) is 3.87. The zero-order valence-corrected chi connectivity index (χ0v) is 14.0. The number of benzene rings is 2. The van der Waals surface area contributed by atoms with Crippen LogP contribution in [0.25, 0.3) is 0 Å². The van der Waals surface area contributed by atoms with Crippen molar-refractivity contribution >= 4 is 23.2 Å². The third kappa shape index (κ3) is 4.02. The highest BCUT2D eigenvalue weighted by atomic mass is 35.5. The number of carbonyl (C=O) groups excluding carboxylic acids is 1. The molecule has 2 aromatic carbocycles. The van der Waals surface area contributed by atoms with Crippen molar-refractivity contribution in [2.75, 3.05) is 7.11 Å². The van der Waals surface area contributed by atoms with Crippen molar-refractivity contribution in [1.82, 2.24) is 5.32 Å². The largest absolute Gasteiger partial charge is 0.497 e. The first-order valence-corrected chi connectivity index (χ1v) is 7.72. The number of hydrogen-bond donors (Lipinski definition) is 1. The van der Waals surface area contributed by atoms with Crippen LogP contribution in [0, 0.1) is 10.1 Å². The van der Waals surface area contributed by atoms with Gasteiger partial charge < -0.3 is 10.1 Å². The van der Waals surface area contributed by atoms with Crippen LogP contribution in [0.4, 0.5) is 5.69 Å². The maximum atomic E-state index is 12.5. The number of nitro groups is 1. The highest BCUT2D eigenvalue weighted by molar-refractivity contribution is 6.31. The lowest BCUT2D eigenvalue weighted by atomic mass is 10.0. The Hall–Kier alpha value is -2.60. The molecule has 0 fully saturated rings. The smallest absolute Gasteiger partial charge is 0.283 e. The molecule has 6 nitrogen and oxygen atoms in total. The van der Waals surface area contributed by atoms with Crippen LogP contribution >= 0.6 is 11.6 Å². The molecule has 7 heteroatoms. The number of nitro benzene ring substituents is 1. The molecule has 1 unspecified atom stereocenters. The first-order valence-electron chi connectivity index (χ1n) is 7.35. The second-order valence-electron chi connectivity index (χ2n) is 5.13. The molecule has 1 N–H and O–H groups in total. The van der Waals surface area contributed by atoms with Crippen molar-refractivity contribution in [3.05, 3.63) is 68.7 Å². The van der Waals surface area contributed by atoms with Gasteiger partial charge in [0.15, 0.2) is 0 Å². The Morgan fingerprint density at radius 2 is 1.96 bits per heavy atom. The van der Waals surface area contributed by atoms with Crippen molar-refractivity contribution < 1.29 is 14.5 Å². The van der Waals surface area contributed by atoms with E-state index in [9.17, 15) is 14.9 Å². The Morgan fingerprint density at radius 3 is 2.50 bits per heavy atom. The summed E-state index contributed by atoms with van der Waals surface area (Å²) in [5.41, 5.74) is 0.559. The van der Waals surface area contributed by atoms with Gasteiger partial charge in [0.25, 0.3) is 11.6 Å². The van der Waals surface area contributed by atoms with E-state index in [1.807, 2.05) is 19.1 Å². The normalized spacial score (nSPS) is 11.6. The number of nitrogens with zero attached hydrogens (tertiary/aromatic N) is 1. The van der Waals surface area contributed by atoms with E-state index in [0.717, 1.165) is 5.56 Å². The van der Waals surface area contributed by atoms with Gasteiger partial charge in [-0.2, -0.15) is 0 Å². The minimum Gasteiger partial charge on any atom is -0.497 e. The fourth-order valence-electron chi connectivity index (χ4n) is 2.34. The van der Waals surface area contributed by atoms with Crippen molar-refractivity contribution in [3.8, 4) is 5.75 Å². The average Bonchev–Trinajstić information content (AvgIpc) is 2.59. The van der Waals surface area contributed by atoms with Gasteiger partial charge in [-0.15, -0.1) is 0 Å². The van der Waals surface area contributed by atoms with Crippen LogP contribution in [0.15, 0.2) is 42.5 Å². The van der Waals surface area contributed by atoms with E-state index in [1.165, 1.54) is 18.2 Å².